The Balaban J connectivity index is 3.06. The molecule has 0 N–H and O–H groups in total. The molecule has 0 spiro atoms. The molecule has 0 radical (unpaired) electrons. The van der Waals surface area contributed by atoms with E-state index in [1.807, 2.05) is 0 Å². The van der Waals surface area contributed by atoms with Gasteiger partial charge in [-0.05, 0) is 6.42 Å². The number of halogens is 5. The van der Waals surface area contributed by atoms with Crippen molar-refractivity contribution in [3.63, 3.8) is 0 Å². The number of rotatable bonds is 4. The molecule has 100 valence electrons. The van der Waals surface area contributed by atoms with Crippen LogP contribution >= 0.6 is 0 Å². The quantitative estimate of drug-likeness (QED) is 0.275. The molecule has 2 nitrogen and oxygen atoms in total. The van der Waals surface area contributed by atoms with Gasteiger partial charge in [0.1, 0.15) is 0 Å². The van der Waals surface area contributed by atoms with Gasteiger partial charge in [-0.25, -0.2) is 13.2 Å². The fourth-order valence-corrected chi connectivity index (χ4v) is 1.16. The maximum Gasteiger partial charge on any atom is 0.311 e. The molecular weight excluding hydrogens is 259 g/mol. The van der Waals surface area contributed by atoms with Crippen LogP contribution < -0.4 is 4.74 Å². The highest BCUT2D eigenvalue weighted by Crippen LogP contribution is 2.29. The third-order valence-corrected chi connectivity index (χ3v) is 2.12. The largest absolute Gasteiger partial charge is 0.420 e. The molecule has 0 fully saturated rings. The molecule has 0 saturated carbocycles. The van der Waals surface area contributed by atoms with Gasteiger partial charge in [-0.3, -0.25) is 4.79 Å². The zero-order valence-corrected chi connectivity index (χ0v) is 9.33. The first-order valence-corrected chi connectivity index (χ1v) is 5.12. The predicted octanol–water partition coefficient (Wildman–Crippen LogP) is 3.48. The smallest absolute Gasteiger partial charge is 0.311 e. The molecule has 0 aliphatic rings. The van der Waals surface area contributed by atoms with Gasteiger partial charge in [0.25, 0.3) is 0 Å². The highest BCUT2D eigenvalue weighted by Gasteiger charge is 2.28. The van der Waals surface area contributed by atoms with Gasteiger partial charge < -0.3 is 4.74 Å². The highest BCUT2D eigenvalue weighted by atomic mass is 19.2. The second kappa shape index (κ2) is 5.79. The molecule has 1 aromatic carbocycles. The van der Waals surface area contributed by atoms with Gasteiger partial charge in [-0.2, -0.15) is 8.78 Å². The minimum Gasteiger partial charge on any atom is -0.420 e. The molecule has 0 atom stereocenters. The van der Waals surface area contributed by atoms with Gasteiger partial charge in [0.05, 0.1) is 0 Å². The number of carbonyl (C=O) groups excluding carboxylic acids is 1. The van der Waals surface area contributed by atoms with Gasteiger partial charge in [0, 0.05) is 6.42 Å². The zero-order chi connectivity index (χ0) is 13.9. The maximum atomic E-state index is 13.1. The van der Waals surface area contributed by atoms with Crippen LogP contribution in [-0.2, 0) is 4.79 Å². The van der Waals surface area contributed by atoms with E-state index < -0.39 is 40.8 Å². The summed E-state index contributed by atoms with van der Waals surface area (Å²) in [5.74, 6) is -13.5. The Morgan fingerprint density at radius 3 is 1.83 bits per heavy atom. The summed E-state index contributed by atoms with van der Waals surface area (Å²) < 4.78 is 68.5. The first kappa shape index (κ1) is 14.4. The van der Waals surface area contributed by atoms with Crippen molar-refractivity contribution in [2.45, 2.75) is 26.2 Å². The molecule has 1 aromatic rings. The molecule has 0 unspecified atom stereocenters. The van der Waals surface area contributed by atoms with Gasteiger partial charge in [0.15, 0.2) is 0 Å². The Bertz CT molecular complexity index is 444. The molecule has 18 heavy (non-hydrogen) atoms. The second-order valence-corrected chi connectivity index (χ2v) is 3.48. The monoisotopic (exact) mass is 268 g/mol. The van der Waals surface area contributed by atoms with Crippen molar-refractivity contribution < 1.29 is 31.5 Å². The highest BCUT2D eigenvalue weighted by molar-refractivity contribution is 5.72. The minimum absolute atomic E-state index is 0.171. The summed E-state index contributed by atoms with van der Waals surface area (Å²) in [5.41, 5.74) is 0. The Morgan fingerprint density at radius 2 is 1.39 bits per heavy atom. The van der Waals surface area contributed by atoms with E-state index in [4.69, 9.17) is 0 Å². The standard InChI is InChI=1S/C11H9F5O2/c1-2-3-4-5(17)18-11-9(15)7(13)6(12)8(14)10(11)16/h2-4H2,1H3. The van der Waals surface area contributed by atoms with Crippen molar-refractivity contribution in [2.24, 2.45) is 0 Å². The molecule has 0 amide bonds. The number of ether oxygens (including phenoxy) is 1. The van der Waals surface area contributed by atoms with E-state index in [9.17, 15) is 26.7 Å². The summed E-state index contributed by atoms with van der Waals surface area (Å²) in [6, 6.07) is 0. The lowest BCUT2D eigenvalue weighted by molar-refractivity contribution is -0.135. The third kappa shape index (κ3) is 2.77. The van der Waals surface area contributed by atoms with Crippen LogP contribution in [0.5, 0.6) is 5.75 Å². The summed E-state index contributed by atoms with van der Waals surface area (Å²) in [6.45, 7) is 1.76. The van der Waals surface area contributed by atoms with Crippen LogP contribution in [0.1, 0.15) is 26.2 Å². The van der Waals surface area contributed by atoms with Crippen LogP contribution in [0, 0.1) is 29.1 Å². The zero-order valence-electron chi connectivity index (χ0n) is 9.33. The predicted molar refractivity (Wildman–Crippen MR) is 51.4 cm³/mol. The van der Waals surface area contributed by atoms with Crippen LogP contribution in [0.25, 0.3) is 0 Å². The Hall–Kier alpha value is -1.66. The van der Waals surface area contributed by atoms with Crippen LogP contribution in [0.4, 0.5) is 22.0 Å². The average molecular weight is 268 g/mol. The van der Waals surface area contributed by atoms with Crippen molar-refractivity contribution in [3.8, 4) is 5.75 Å². The SMILES string of the molecule is CCCCC(=O)Oc1c(F)c(F)c(F)c(F)c1F. The van der Waals surface area contributed by atoms with Crippen molar-refractivity contribution >= 4 is 5.97 Å². The third-order valence-electron chi connectivity index (χ3n) is 2.12. The molecule has 0 heterocycles. The molecule has 0 aliphatic carbocycles. The second-order valence-electron chi connectivity index (χ2n) is 3.48. The van der Waals surface area contributed by atoms with Crippen molar-refractivity contribution in [2.75, 3.05) is 0 Å². The lowest BCUT2D eigenvalue weighted by Gasteiger charge is -2.08. The number of benzene rings is 1. The summed E-state index contributed by atoms with van der Waals surface area (Å²) in [6.07, 6.45) is 0.830. The van der Waals surface area contributed by atoms with E-state index in [1.165, 1.54) is 0 Å². The number of unbranched alkanes of at least 4 members (excludes halogenated alkanes) is 1. The van der Waals surface area contributed by atoms with Gasteiger partial charge in [-0.15, -0.1) is 0 Å². The molecule has 1 rings (SSSR count). The van der Waals surface area contributed by atoms with Crippen molar-refractivity contribution in [1.29, 1.82) is 0 Å². The van der Waals surface area contributed by atoms with Crippen molar-refractivity contribution in [3.05, 3.63) is 29.1 Å². The van der Waals surface area contributed by atoms with E-state index in [0.29, 0.717) is 12.8 Å². The minimum atomic E-state index is -2.29. The van der Waals surface area contributed by atoms with Gasteiger partial charge in [-0.1, -0.05) is 13.3 Å². The van der Waals surface area contributed by atoms with E-state index in [1.54, 1.807) is 6.92 Å². The number of carbonyl (C=O) groups is 1. The summed E-state index contributed by atoms with van der Waals surface area (Å²) in [7, 11) is 0. The number of esters is 1. The van der Waals surface area contributed by atoms with E-state index in [2.05, 4.69) is 4.74 Å². The Labute approximate surface area is 99.4 Å². The number of hydrogen-bond donors (Lipinski definition) is 0. The summed E-state index contributed by atoms with van der Waals surface area (Å²) in [5, 5.41) is 0. The van der Waals surface area contributed by atoms with E-state index in [0.717, 1.165) is 0 Å². The topological polar surface area (TPSA) is 26.3 Å². The van der Waals surface area contributed by atoms with Crippen LogP contribution in [-0.4, -0.2) is 5.97 Å². The number of hydrogen-bond acceptors (Lipinski definition) is 2. The summed E-state index contributed by atoms with van der Waals surface area (Å²) in [4.78, 5) is 11.1. The normalized spacial score (nSPS) is 10.6. The fraction of sp³-hybridized carbons (Fsp3) is 0.364. The fourth-order valence-electron chi connectivity index (χ4n) is 1.16. The van der Waals surface area contributed by atoms with Crippen LogP contribution in [0.3, 0.4) is 0 Å². The van der Waals surface area contributed by atoms with E-state index in [-0.39, 0.29) is 6.42 Å². The lowest BCUT2D eigenvalue weighted by Crippen LogP contribution is -2.13. The first-order valence-electron chi connectivity index (χ1n) is 5.12. The molecule has 7 heteroatoms. The Kier molecular flexibility index (Phi) is 4.63. The first-order chi connectivity index (χ1) is 8.40. The molecule has 0 saturated heterocycles. The van der Waals surface area contributed by atoms with Crippen molar-refractivity contribution in [1.82, 2.24) is 0 Å². The lowest BCUT2D eigenvalue weighted by atomic mass is 10.2. The molecule has 0 bridgehead atoms. The van der Waals surface area contributed by atoms with E-state index >= 15 is 0 Å². The molecule has 0 aliphatic heterocycles. The maximum absolute atomic E-state index is 13.1. The van der Waals surface area contributed by atoms with Gasteiger partial charge >= 0.3 is 5.97 Å². The van der Waals surface area contributed by atoms with Gasteiger partial charge in [0.2, 0.25) is 34.8 Å². The molecule has 0 aromatic heterocycles. The average Bonchev–Trinajstić information content (AvgIpc) is 2.36. The van der Waals surface area contributed by atoms with Crippen LogP contribution in [0.15, 0.2) is 0 Å². The van der Waals surface area contributed by atoms with Crippen LogP contribution in [0.2, 0.25) is 0 Å². The Morgan fingerprint density at radius 1 is 0.944 bits per heavy atom. The summed E-state index contributed by atoms with van der Waals surface area (Å²) >= 11 is 0. The molecular formula is C11H9F5O2.